The lowest BCUT2D eigenvalue weighted by atomic mass is 9.62. The normalized spacial score (nSPS) is 39.6. The van der Waals surface area contributed by atoms with Crippen molar-refractivity contribution in [1.82, 2.24) is 5.32 Å². The maximum Gasteiger partial charge on any atom is 0.0836 e. The van der Waals surface area contributed by atoms with Crippen LogP contribution in [-0.4, -0.2) is 25.8 Å². The van der Waals surface area contributed by atoms with Crippen molar-refractivity contribution in [2.24, 2.45) is 11.8 Å². The second-order valence-electron chi connectivity index (χ2n) is 5.37. The van der Waals surface area contributed by atoms with E-state index in [9.17, 15) is 0 Å². The van der Waals surface area contributed by atoms with Crippen LogP contribution >= 0.6 is 0 Å². The van der Waals surface area contributed by atoms with Crippen molar-refractivity contribution in [1.29, 1.82) is 0 Å². The largest absolute Gasteiger partial charge is 0.373 e. The number of hydrogen-bond donors (Lipinski definition) is 1. The SMILES string of the molecule is CCCOC1(CNC)CC2CCC1CC2. The number of nitrogens with one attached hydrogen (secondary N) is 1. The highest BCUT2D eigenvalue weighted by Crippen LogP contribution is 2.49. The Balaban J connectivity index is 2.04. The van der Waals surface area contributed by atoms with Gasteiger partial charge in [0.15, 0.2) is 0 Å². The summed E-state index contributed by atoms with van der Waals surface area (Å²) in [6, 6.07) is 0. The molecule has 3 fully saturated rings. The van der Waals surface area contributed by atoms with E-state index < -0.39 is 0 Å². The zero-order chi connectivity index (χ0) is 10.7. The average Bonchev–Trinajstić information content (AvgIpc) is 2.28. The highest BCUT2D eigenvalue weighted by molar-refractivity contribution is 5.00. The van der Waals surface area contributed by atoms with Gasteiger partial charge in [-0.15, -0.1) is 0 Å². The van der Waals surface area contributed by atoms with Crippen molar-refractivity contribution in [2.45, 2.75) is 51.0 Å². The molecular weight excluding hydrogens is 186 g/mol. The van der Waals surface area contributed by atoms with E-state index in [2.05, 4.69) is 19.3 Å². The molecule has 0 aromatic rings. The van der Waals surface area contributed by atoms with E-state index in [1.807, 2.05) is 0 Å². The highest BCUT2D eigenvalue weighted by Gasteiger charge is 2.47. The summed E-state index contributed by atoms with van der Waals surface area (Å²) >= 11 is 0. The monoisotopic (exact) mass is 211 g/mol. The van der Waals surface area contributed by atoms with E-state index >= 15 is 0 Å². The molecule has 3 aliphatic carbocycles. The minimum atomic E-state index is 0.186. The number of hydrogen-bond acceptors (Lipinski definition) is 2. The van der Waals surface area contributed by atoms with Gasteiger partial charge in [-0.05, 0) is 57.4 Å². The molecule has 2 nitrogen and oxygen atoms in total. The van der Waals surface area contributed by atoms with Crippen LogP contribution in [-0.2, 0) is 4.74 Å². The minimum absolute atomic E-state index is 0.186. The van der Waals surface area contributed by atoms with Crippen molar-refractivity contribution < 1.29 is 4.74 Å². The average molecular weight is 211 g/mol. The van der Waals surface area contributed by atoms with Crippen molar-refractivity contribution in [2.75, 3.05) is 20.2 Å². The van der Waals surface area contributed by atoms with Crippen molar-refractivity contribution in [3.8, 4) is 0 Å². The van der Waals surface area contributed by atoms with Gasteiger partial charge in [-0.2, -0.15) is 0 Å². The van der Waals surface area contributed by atoms with Gasteiger partial charge >= 0.3 is 0 Å². The standard InChI is InChI=1S/C13H25NO/c1-3-8-15-13(10-14-2)9-11-4-6-12(13)7-5-11/h11-12,14H,3-10H2,1-2H3. The molecule has 3 rings (SSSR count). The molecule has 1 N–H and O–H groups in total. The van der Waals surface area contributed by atoms with E-state index in [1.54, 1.807) is 0 Å². The zero-order valence-corrected chi connectivity index (χ0v) is 10.2. The summed E-state index contributed by atoms with van der Waals surface area (Å²) in [6.45, 7) is 4.19. The third-order valence-electron chi connectivity index (χ3n) is 4.29. The highest BCUT2D eigenvalue weighted by atomic mass is 16.5. The van der Waals surface area contributed by atoms with Crippen molar-refractivity contribution in [3.63, 3.8) is 0 Å². The molecule has 1 atom stereocenters. The van der Waals surface area contributed by atoms with Gasteiger partial charge in [0.2, 0.25) is 0 Å². The molecule has 3 aliphatic rings. The van der Waals surface area contributed by atoms with Crippen molar-refractivity contribution >= 4 is 0 Å². The Bertz CT molecular complexity index is 199. The van der Waals surface area contributed by atoms with Gasteiger partial charge in [0.1, 0.15) is 0 Å². The van der Waals surface area contributed by atoms with Gasteiger partial charge in [-0.1, -0.05) is 6.92 Å². The Labute approximate surface area is 93.8 Å². The van der Waals surface area contributed by atoms with E-state index in [4.69, 9.17) is 4.74 Å². The lowest BCUT2D eigenvalue weighted by molar-refractivity contribution is -0.141. The van der Waals surface area contributed by atoms with E-state index in [-0.39, 0.29) is 5.60 Å². The second kappa shape index (κ2) is 4.84. The van der Waals surface area contributed by atoms with Crippen LogP contribution in [0.2, 0.25) is 0 Å². The molecule has 0 amide bonds. The molecule has 1 unspecified atom stereocenters. The molecule has 0 heterocycles. The molecule has 0 aromatic heterocycles. The molecule has 0 saturated heterocycles. The number of ether oxygens (including phenoxy) is 1. The van der Waals surface area contributed by atoms with Crippen LogP contribution in [0.3, 0.4) is 0 Å². The molecule has 15 heavy (non-hydrogen) atoms. The van der Waals surface area contributed by atoms with Crippen LogP contribution in [0, 0.1) is 11.8 Å². The Hall–Kier alpha value is -0.0800. The van der Waals surface area contributed by atoms with Gasteiger partial charge in [0.05, 0.1) is 5.60 Å². The Kier molecular flexibility index (Phi) is 3.68. The first-order chi connectivity index (χ1) is 7.30. The summed E-state index contributed by atoms with van der Waals surface area (Å²) in [5, 5.41) is 3.35. The number of rotatable bonds is 5. The van der Waals surface area contributed by atoms with Crippen LogP contribution in [0.4, 0.5) is 0 Å². The van der Waals surface area contributed by atoms with Gasteiger partial charge in [0, 0.05) is 13.2 Å². The van der Waals surface area contributed by atoms with Crippen LogP contribution in [0.25, 0.3) is 0 Å². The molecule has 2 bridgehead atoms. The summed E-state index contributed by atoms with van der Waals surface area (Å²) in [4.78, 5) is 0. The Morgan fingerprint density at radius 1 is 1.27 bits per heavy atom. The topological polar surface area (TPSA) is 21.3 Å². The first-order valence-electron chi connectivity index (χ1n) is 6.59. The van der Waals surface area contributed by atoms with E-state index in [1.165, 1.54) is 32.1 Å². The van der Waals surface area contributed by atoms with E-state index in [0.29, 0.717) is 0 Å². The molecular formula is C13H25NO. The molecule has 0 spiro atoms. The maximum atomic E-state index is 6.23. The smallest absolute Gasteiger partial charge is 0.0836 e. The predicted octanol–water partition coefficient (Wildman–Crippen LogP) is 2.58. The van der Waals surface area contributed by atoms with Gasteiger partial charge in [-0.25, -0.2) is 0 Å². The molecule has 88 valence electrons. The summed E-state index contributed by atoms with van der Waals surface area (Å²) < 4.78 is 6.23. The third kappa shape index (κ3) is 2.21. The third-order valence-corrected chi connectivity index (χ3v) is 4.29. The summed E-state index contributed by atoms with van der Waals surface area (Å²) in [6.07, 6.45) is 8.14. The molecule has 0 aliphatic heterocycles. The van der Waals surface area contributed by atoms with E-state index in [0.717, 1.165) is 31.4 Å². The summed E-state index contributed by atoms with van der Waals surface area (Å²) in [5.74, 6) is 1.77. The van der Waals surface area contributed by atoms with Crippen LogP contribution < -0.4 is 5.32 Å². The fourth-order valence-electron chi connectivity index (χ4n) is 3.60. The Morgan fingerprint density at radius 3 is 2.47 bits per heavy atom. The first kappa shape index (κ1) is 11.4. The fourth-order valence-corrected chi connectivity index (χ4v) is 3.60. The fraction of sp³-hybridized carbons (Fsp3) is 1.00. The lowest BCUT2D eigenvalue weighted by Crippen LogP contribution is -2.55. The lowest BCUT2D eigenvalue weighted by Gasteiger charge is -2.51. The first-order valence-corrected chi connectivity index (χ1v) is 6.59. The molecule has 3 saturated carbocycles. The second-order valence-corrected chi connectivity index (χ2v) is 5.37. The number of fused-ring (bicyclic) bond motifs is 3. The van der Waals surface area contributed by atoms with Gasteiger partial charge in [-0.3, -0.25) is 0 Å². The Morgan fingerprint density at radius 2 is 2.00 bits per heavy atom. The summed E-state index contributed by atoms with van der Waals surface area (Å²) in [7, 11) is 2.05. The molecule has 0 aromatic carbocycles. The molecule has 2 heteroatoms. The zero-order valence-electron chi connectivity index (χ0n) is 10.2. The quantitative estimate of drug-likeness (QED) is 0.754. The maximum absolute atomic E-state index is 6.23. The van der Waals surface area contributed by atoms with Crippen LogP contribution in [0.5, 0.6) is 0 Å². The number of likely N-dealkylation sites (N-methyl/N-ethyl adjacent to an activating group) is 1. The van der Waals surface area contributed by atoms with Crippen molar-refractivity contribution in [3.05, 3.63) is 0 Å². The van der Waals surface area contributed by atoms with Gasteiger partial charge in [0.25, 0.3) is 0 Å². The minimum Gasteiger partial charge on any atom is -0.373 e. The molecule has 0 radical (unpaired) electrons. The van der Waals surface area contributed by atoms with Gasteiger partial charge < -0.3 is 10.1 Å². The van der Waals surface area contributed by atoms with Crippen LogP contribution in [0.1, 0.15) is 45.4 Å². The van der Waals surface area contributed by atoms with Crippen LogP contribution in [0.15, 0.2) is 0 Å². The summed E-state index contributed by atoms with van der Waals surface area (Å²) in [5.41, 5.74) is 0.186. The predicted molar refractivity (Wildman–Crippen MR) is 63.0 cm³/mol.